The van der Waals surface area contributed by atoms with Gasteiger partial charge in [-0.25, -0.2) is 0 Å². The minimum atomic E-state index is -1.40. The SMILES string of the molecule is C=CC[C@@H](N)[C@@H](C(=O)O)C(=O)OCC1c2ccccc2-c2ccccc21. The van der Waals surface area contributed by atoms with Crippen LogP contribution in [-0.2, 0) is 14.3 Å². The molecule has 2 atom stereocenters. The average Bonchev–Trinajstić information content (AvgIpc) is 2.94. The summed E-state index contributed by atoms with van der Waals surface area (Å²) in [7, 11) is 0. The minimum Gasteiger partial charge on any atom is -0.481 e. The lowest BCUT2D eigenvalue weighted by Crippen LogP contribution is -2.41. The fourth-order valence-corrected chi connectivity index (χ4v) is 3.48. The largest absolute Gasteiger partial charge is 0.481 e. The molecular formula is C21H21NO4. The van der Waals surface area contributed by atoms with Gasteiger partial charge in [-0.05, 0) is 28.7 Å². The number of carbonyl (C=O) groups is 2. The Balaban J connectivity index is 1.80. The van der Waals surface area contributed by atoms with Crippen molar-refractivity contribution in [2.75, 3.05) is 6.61 Å². The number of aliphatic carboxylic acids is 1. The fourth-order valence-electron chi connectivity index (χ4n) is 3.48. The van der Waals surface area contributed by atoms with Crippen LogP contribution in [0.25, 0.3) is 11.1 Å². The number of rotatable bonds is 7. The average molecular weight is 351 g/mol. The van der Waals surface area contributed by atoms with Gasteiger partial charge in [0.05, 0.1) is 0 Å². The normalized spacial score (nSPS) is 14.8. The fraction of sp³-hybridized carbons (Fsp3) is 0.238. The van der Waals surface area contributed by atoms with Gasteiger partial charge in [-0.2, -0.15) is 0 Å². The number of esters is 1. The summed E-state index contributed by atoms with van der Waals surface area (Å²) in [5.41, 5.74) is 10.2. The van der Waals surface area contributed by atoms with Crippen molar-refractivity contribution in [1.82, 2.24) is 0 Å². The molecule has 0 radical (unpaired) electrons. The molecule has 0 aliphatic heterocycles. The number of carboxylic acids is 1. The van der Waals surface area contributed by atoms with Gasteiger partial charge >= 0.3 is 11.9 Å². The molecule has 0 aromatic heterocycles. The molecule has 0 spiro atoms. The molecule has 5 heteroatoms. The zero-order valence-electron chi connectivity index (χ0n) is 14.3. The van der Waals surface area contributed by atoms with Crippen molar-refractivity contribution in [1.29, 1.82) is 0 Å². The summed E-state index contributed by atoms with van der Waals surface area (Å²) in [5, 5.41) is 9.33. The highest BCUT2D eigenvalue weighted by atomic mass is 16.5. The maximum atomic E-state index is 12.4. The predicted octanol–water partition coefficient (Wildman–Crippen LogP) is 2.95. The van der Waals surface area contributed by atoms with Crippen LogP contribution in [0, 0.1) is 5.92 Å². The smallest absolute Gasteiger partial charge is 0.321 e. The molecule has 26 heavy (non-hydrogen) atoms. The third kappa shape index (κ3) is 3.26. The van der Waals surface area contributed by atoms with Crippen LogP contribution in [0.2, 0.25) is 0 Å². The Morgan fingerprint density at radius 1 is 1.12 bits per heavy atom. The summed E-state index contributed by atoms with van der Waals surface area (Å²) < 4.78 is 5.40. The molecule has 1 aliphatic rings. The number of benzene rings is 2. The topological polar surface area (TPSA) is 89.6 Å². The van der Waals surface area contributed by atoms with Crippen molar-refractivity contribution in [2.45, 2.75) is 18.4 Å². The molecule has 0 amide bonds. The van der Waals surface area contributed by atoms with Gasteiger partial charge in [0.15, 0.2) is 5.92 Å². The first-order chi connectivity index (χ1) is 12.5. The maximum Gasteiger partial charge on any atom is 0.321 e. The van der Waals surface area contributed by atoms with Crippen LogP contribution in [0.5, 0.6) is 0 Å². The quantitative estimate of drug-likeness (QED) is 0.455. The second kappa shape index (κ2) is 7.54. The first-order valence-electron chi connectivity index (χ1n) is 8.48. The van der Waals surface area contributed by atoms with E-state index in [4.69, 9.17) is 10.5 Å². The Kier molecular flexibility index (Phi) is 5.19. The van der Waals surface area contributed by atoms with Crippen LogP contribution >= 0.6 is 0 Å². The van der Waals surface area contributed by atoms with Gasteiger partial charge in [-0.15, -0.1) is 6.58 Å². The van der Waals surface area contributed by atoms with E-state index in [1.807, 2.05) is 48.5 Å². The number of hydrogen-bond donors (Lipinski definition) is 2. The Morgan fingerprint density at radius 3 is 2.15 bits per heavy atom. The van der Waals surface area contributed by atoms with Crippen LogP contribution in [0.4, 0.5) is 0 Å². The molecule has 0 fully saturated rings. The summed E-state index contributed by atoms with van der Waals surface area (Å²) in [6, 6.07) is 15.1. The second-order valence-electron chi connectivity index (χ2n) is 6.36. The molecular weight excluding hydrogens is 330 g/mol. The number of nitrogens with two attached hydrogens (primary N) is 1. The van der Waals surface area contributed by atoms with E-state index in [2.05, 4.69) is 6.58 Å². The van der Waals surface area contributed by atoms with Gasteiger partial charge in [-0.3, -0.25) is 9.59 Å². The summed E-state index contributed by atoms with van der Waals surface area (Å²) in [5.74, 6) is -3.61. The molecule has 1 aliphatic carbocycles. The lowest BCUT2D eigenvalue weighted by molar-refractivity contribution is -0.159. The minimum absolute atomic E-state index is 0.0808. The lowest BCUT2D eigenvalue weighted by Gasteiger charge is -2.20. The van der Waals surface area contributed by atoms with E-state index in [0.29, 0.717) is 0 Å². The van der Waals surface area contributed by atoms with Crippen molar-refractivity contribution in [3.8, 4) is 11.1 Å². The number of carboxylic acid groups (broad SMARTS) is 1. The Bertz CT molecular complexity index is 800. The molecule has 5 nitrogen and oxygen atoms in total. The number of fused-ring (bicyclic) bond motifs is 3. The van der Waals surface area contributed by atoms with Gasteiger partial charge in [0, 0.05) is 12.0 Å². The Morgan fingerprint density at radius 2 is 1.65 bits per heavy atom. The summed E-state index contributed by atoms with van der Waals surface area (Å²) in [4.78, 5) is 23.8. The zero-order valence-corrected chi connectivity index (χ0v) is 14.3. The number of carbonyl (C=O) groups excluding carboxylic acids is 1. The van der Waals surface area contributed by atoms with E-state index in [-0.39, 0.29) is 18.9 Å². The van der Waals surface area contributed by atoms with Gasteiger partial charge in [-0.1, -0.05) is 54.6 Å². The van der Waals surface area contributed by atoms with Gasteiger partial charge in [0.25, 0.3) is 0 Å². The summed E-state index contributed by atoms with van der Waals surface area (Å²) in [6.07, 6.45) is 1.72. The summed E-state index contributed by atoms with van der Waals surface area (Å²) >= 11 is 0. The van der Waals surface area contributed by atoms with E-state index in [1.165, 1.54) is 6.08 Å². The molecule has 2 aromatic carbocycles. The monoisotopic (exact) mass is 351 g/mol. The molecule has 0 heterocycles. The number of ether oxygens (including phenoxy) is 1. The van der Waals surface area contributed by atoms with Crippen molar-refractivity contribution in [2.24, 2.45) is 11.7 Å². The number of hydrogen-bond acceptors (Lipinski definition) is 4. The second-order valence-corrected chi connectivity index (χ2v) is 6.36. The van der Waals surface area contributed by atoms with E-state index in [0.717, 1.165) is 22.3 Å². The van der Waals surface area contributed by atoms with Gasteiger partial charge < -0.3 is 15.6 Å². The lowest BCUT2D eigenvalue weighted by atomic mass is 9.96. The highest BCUT2D eigenvalue weighted by Crippen LogP contribution is 2.44. The highest BCUT2D eigenvalue weighted by molar-refractivity contribution is 5.95. The van der Waals surface area contributed by atoms with Crippen molar-refractivity contribution >= 4 is 11.9 Å². The predicted molar refractivity (Wildman–Crippen MR) is 98.6 cm³/mol. The Hall–Kier alpha value is -2.92. The van der Waals surface area contributed by atoms with Crippen molar-refractivity contribution < 1.29 is 19.4 Å². The highest BCUT2D eigenvalue weighted by Gasteiger charge is 2.35. The van der Waals surface area contributed by atoms with E-state index >= 15 is 0 Å². The Labute approximate surface area is 152 Å². The molecule has 0 saturated heterocycles. The first-order valence-corrected chi connectivity index (χ1v) is 8.48. The van der Waals surface area contributed by atoms with Crippen LogP contribution in [0.15, 0.2) is 61.2 Å². The molecule has 0 bridgehead atoms. The third-order valence-corrected chi connectivity index (χ3v) is 4.74. The van der Waals surface area contributed by atoms with E-state index < -0.39 is 23.9 Å². The van der Waals surface area contributed by atoms with Gasteiger partial charge in [0.2, 0.25) is 0 Å². The molecule has 3 rings (SSSR count). The molecule has 134 valence electrons. The molecule has 0 unspecified atom stereocenters. The van der Waals surface area contributed by atoms with Crippen LogP contribution in [-0.4, -0.2) is 29.7 Å². The molecule has 2 aromatic rings. The van der Waals surface area contributed by atoms with Crippen LogP contribution in [0.1, 0.15) is 23.5 Å². The third-order valence-electron chi connectivity index (χ3n) is 4.74. The van der Waals surface area contributed by atoms with Gasteiger partial charge in [0.1, 0.15) is 6.61 Å². The first kappa shape index (κ1) is 17.9. The molecule has 3 N–H and O–H groups in total. The van der Waals surface area contributed by atoms with E-state index in [9.17, 15) is 14.7 Å². The zero-order chi connectivity index (χ0) is 18.7. The molecule has 0 saturated carbocycles. The van der Waals surface area contributed by atoms with Crippen molar-refractivity contribution in [3.63, 3.8) is 0 Å². The van der Waals surface area contributed by atoms with Crippen LogP contribution < -0.4 is 5.73 Å². The summed E-state index contributed by atoms with van der Waals surface area (Å²) in [6.45, 7) is 3.62. The standard InChI is InChI=1S/C21H21NO4/c1-2-7-18(22)19(20(23)24)21(25)26-12-17-15-10-5-3-8-13(15)14-9-4-6-11-16(14)17/h2-6,8-11,17-19H,1,7,12,22H2,(H,23,24)/t18-,19+/m1/s1. The maximum absolute atomic E-state index is 12.4. The van der Waals surface area contributed by atoms with Crippen LogP contribution in [0.3, 0.4) is 0 Å². The van der Waals surface area contributed by atoms with Crippen molar-refractivity contribution in [3.05, 3.63) is 72.3 Å². The van der Waals surface area contributed by atoms with E-state index in [1.54, 1.807) is 0 Å².